The molecule has 0 radical (unpaired) electrons. The number of furan rings is 1. The van der Waals surface area contributed by atoms with Crippen molar-refractivity contribution in [3.8, 4) is 0 Å². The van der Waals surface area contributed by atoms with Crippen LogP contribution in [0.3, 0.4) is 0 Å². The van der Waals surface area contributed by atoms with Crippen LogP contribution in [0.4, 0.5) is 5.69 Å². The largest absolute Gasteiger partial charge is 0.462 e. The van der Waals surface area contributed by atoms with Crippen LogP contribution in [0.5, 0.6) is 0 Å². The molecule has 0 unspecified atom stereocenters. The number of carbonyl (C=O) groups excluding carboxylic acids is 2. The lowest BCUT2D eigenvalue weighted by Gasteiger charge is -2.23. The second-order valence-electron chi connectivity index (χ2n) is 7.87. The van der Waals surface area contributed by atoms with Crippen molar-refractivity contribution >= 4 is 38.6 Å². The van der Waals surface area contributed by atoms with Gasteiger partial charge in [0.15, 0.2) is 0 Å². The van der Waals surface area contributed by atoms with Crippen LogP contribution in [0, 0.1) is 6.92 Å². The third kappa shape index (κ3) is 4.57. The van der Waals surface area contributed by atoms with Gasteiger partial charge in [-0.25, -0.2) is 13.2 Å². The third-order valence-corrected chi connectivity index (χ3v) is 7.36. The highest BCUT2D eigenvalue weighted by atomic mass is 32.2. The minimum Gasteiger partial charge on any atom is -0.462 e. The van der Waals surface area contributed by atoms with E-state index in [-0.39, 0.29) is 28.3 Å². The highest BCUT2D eigenvalue weighted by Gasteiger charge is 2.33. The molecular formula is C27H25NO6S. The first-order valence-corrected chi connectivity index (χ1v) is 12.7. The van der Waals surface area contributed by atoms with Gasteiger partial charge in [0.25, 0.3) is 15.9 Å². The number of hydrogen-bond donors (Lipinski definition) is 0. The molecule has 0 saturated carbocycles. The van der Waals surface area contributed by atoms with Crippen LogP contribution < -0.4 is 4.31 Å². The van der Waals surface area contributed by atoms with Crippen molar-refractivity contribution in [2.75, 3.05) is 10.9 Å². The summed E-state index contributed by atoms with van der Waals surface area (Å²) in [5.74, 6) is -0.961. The number of sulfonamides is 1. The smallest absolute Gasteiger partial charge is 0.342 e. The van der Waals surface area contributed by atoms with Crippen molar-refractivity contribution in [2.24, 2.45) is 0 Å². The number of carbonyl (C=O) groups is 2. The van der Waals surface area contributed by atoms with Crippen molar-refractivity contribution in [3.63, 3.8) is 0 Å². The molecule has 0 aliphatic rings. The van der Waals surface area contributed by atoms with Crippen LogP contribution in [0.1, 0.15) is 45.9 Å². The van der Waals surface area contributed by atoms with Crippen LogP contribution in [0.2, 0.25) is 0 Å². The molecule has 0 bridgehead atoms. The van der Waals surface area contributed by atoms with Gasteiger partial charge < -0.3 is 9.15 Å². The van der Waals surface area contributed by atoms with Gasteiger partial charge in [0, 0.05) is 10.9 Å². The summed E-state index contributed by atoms with van der Waals surface area (Å²) in [5, 5.41) is 0.362. The third-order valence-electron chi connectivity index (χ3n) is 5.64. The number of esters is 1. The van der Waals surface area contributed by atoms with Crippen molar-refractivity contribution in [1.82, 2.24) is 0 Å². The molecule has 0 saturated heterocycles. The van der Waals surface area contributed by atoms with Gasteiger partial charge in [-0.15, -0.1) is 0 Å². The molecule has 180 valence electrons. The summed E-state index contributed by atoms with van der Waals surface area (Å²) in [6.45, 7) is 5.46. The Bertz CT molecular complexity index is 1490. The molecule has 0 N–H and O–H groups in total. The van der Waals surface area contributed by atoms with E-state index in [0.717, 1.165) is 16.3 Å². The number of rotatable bonds is 7. The lowest BCUT2D eigenvalue weighted by atomic mass is 10.1. The summed E-state index contributed by atoms with van der Waals surface area (Å²) in [5.41, 5.74) is 1.83. The van der Waals surface area contributed by atoms with Crippen LogP contribution >= 0.6 is 0 Å². The molecular weight excluding hydrogens is 466 g/mol. The summed E-state index contributed by atoms with van der Waals surface area (Å²) in [4.78, 5) is 26.1. The minimum absolute atomic E-state index is 0.0203. The normalized spacial score (nSPS) is 11.4. The molecule has 7 nitrogen and oxygen atoms in total. The van der Waals surface area contributed by atoms with Gasteiger partial charge in [0.2, 0.25) is 0 Å². The van der Waals surface area contributed by atoms with Gasteiger partial charge in [0.05, 0.1) is 17.2 Å². The Morgan fingerprint density at radius 3 is 2.26 bits per heavy atom. The number of ether oxygens (including phenoxy) is 1. The van der Waals surface area contributed by atoms with E-state index in [1.165, 1.54) is 24.3 Å². The van der Waals surface area contributed by atoms with E-state index >= 15 is 0 Å². The molecule has 3 aromatic carbocycles. The maximum absolute atomic E-state index is 13.8. The predicted octanol–water partition coefficient (Wildman–Crippen LogP) is 5.52. The van der Waals surface area contributed by atoms with Crippen molar-refractivity contribution in [2.45, 2.75) is 32.1 Å². The molecule has 1 aromatic heterocycles. The molecule has 1 amide bonds. The number of amides is 1. The molecule has 8 heteroatoms. The number of benzene rings is 3. The number of nitrogens with zero attached hydrogens (tertiary/aromatic N) is 1. The molecule has 35 heavy (non-hydrogen) atoms. The minimum atomic E-state index is -4.29. The van der Waals surface area contributed by atoms with E-state index in [1.807, 2.05) is 6.92 Å². The molecule has 4 rings (SSSR count). The zero-order valence-electron chi connectivity index (χ0n) is 19.6. The van der Waals surface area contributed by atoms with E-state index in [1.54, 1.807) is 62.4 Å². The van der Waals surface area contributed by atoms with E-state index in [0.29, 0.717) is 16.7 Å². The monoisotopic (exact) mass is 491 g/mol. The Morgan fingerprint density at radius 2 is 1.63 bits per heavy atom. The van der Waals surface area contributed by atoms with Crippen molar-refractivity contribution in [1.29, 1.82) is 0 Å². The topological polar surface area (TPSA) is 93.9 Å². The standard InChI is InChI=1S/C27H25NO6S/c1-4-19-11-14-22(15-12-19)35(31,32)28(26(29)20-9-7-6-8-10-20)21-13-16-24-23(17-21)25(18(3)34-24)27(30)33-5-2/h6-17H,4-5H2,1-3H3. The van der Waals surface area contributed by atoms with E-state index in [9.17, 15) is 18.0 Å². The molecule has 0 aliphatic heterocycles. The fourth-order valence-electron chi connectivity index (χ4n) is 3.86. The summed E-state index contributed by atoms with van der Waals surface area (Å²) in [6, 6.07) is 19.1. The Labute approximate surface area is 204 Å². The number of fused-ring (bicyclic) bond motifs is 1. The second-order valence-corrected chi connectivity index (χ2v) is 9.66. The molecule has 0 atom stereocenters. The molecule has 0 fully saturated rings. The van der Waals surface area contributed by atoms with Gasteiger partial charge in [0.1, 0.15) is 16.9 Å². The second kappa shape index (κ2) is 9.76. The van der Waals surface area contributed by atoms with Gasteiger partial charge in [-0.05, 0) is 68.3 Å². The average molecular weight is 492 g/mol. The van der Waals surface area contributed by atoms with Crippen LogP contribution in [-0.2, 0) is 21.2 Å². The summed E-state index contributed by atoms with van der Waals surface area (Å²) in [7, 11) is -4.29. The van der Waals surface area contributed by atoms with Crippen LogP contribution in [0.25, 0.3) is 11.0 Å². The number of aryl methyl sites for hydroxylation is 2. The van der Waals surface area contributed by atoms with Crippen LogP contribution in [0.15, 0.2) is 82.1 Å². The highest BCUT2D eigenvalue weighted by Crippen LogP contribution is 2.33. The van der Waals surface area contributed by atoms with Crippen molar-refractivity contribution in [3.05, 3.63) is 95.2 Å². The first-order chi connectivity index (χ1) is 16.8. The maximum Gasteiger partial charge on any atom is 0.342 e. The van der Waals surface area contributed by atoms with Gasteiger partial charge in [-0.2, -0.15) is 4.31 Å². The molecule has 1 heterocycles. The van der Waals surface area contributed by atoms with E-state index in [4.69, 9.17) is 9.15 Å². The number of hydrogen-bond acceptors (Lipinski definition) is 6. The first kappa shape index (κ1) is 24.2. The lowest BCUT2D eigenvalue weighted by molar-refractivity contribution is 0.0526. The Hall–Kier alpha value is -3.91. The summed E-state index contributed by atoms with van der Waals surface area (Å²) < 4.78 is 39.2. The van der Waals surface area contributed by atoms with Gasteiger partial charge in [-0.3, -0.25) is 4.79 Å². The summed E-state index contributed by atoms with van der Waals surface area (Å²) >= 11 is 0. The van der Waals surface area contributed by atoms with Gasteiger partial charge >= 0.3 is 5.97 Å². The predicted molar refractivity (Wildman–Crippen MR) is 133 cm³/mol. The fourth-order valence-corrected chi connectivity index (χ4v) is 5.26. The molecule has 0 aliphatic carbocycles. The number of anilines is 1. The lowest BCUT2D eigenvalue weighted by Crippen LogP contribution is -2.37. The Kier molecular flexibility index (Phi) is 6.75. The quantitative estimate of drug-likeness (QED) is 0.316. The van der Waals surface area contributed by atoms with Crippen molar-refractivity contribution < 1.29 is 27.2 Å². The van der Waals surface area contributed by atoms with E-state index < -0.39 is 21.9 Å². The van der Waals surface area contributed by atoms with Gasteiger partial charge in [-0.1, -0.05) is 37.3 Å². The Balaban J connectivity index is 1.92. The molecule has 4 aromatic rings. The zero-order valence-corrected chi connectivity index (χ0v) is 20.5. The first-order valence-electron chi connectivity index (χ1n) is 11.2. The van der Waals surface area contributed by atoms with Crippen LogP contribution in [-0.4, -0.2) is 26.9 Å². The molecule has 0 spiro atoms. The zero-order chi connectivity index (χ0) is 25.2. The fraction of sp³-hybridized carbons (Fsp3) is 0.185. The average Bonchev–Trinajstić information content (AvgIpc) is 3.19. The Morgan fingerprint density at radius 1 is 0.943 bits per heavy atom. The SMILES string of the molecule is CCOC(=O)c1c(C)oc2ccc(N(C(=O)c3ccccc3)S(=O)(=O)c3ccc(CC)cc3)cc12. The van der Waals surface area contributed by atoms with E-state index in [2.05, 4.69) is 0 Å². The summed E-state index contributed by atoms with van der Waals surface area (Å²) in [6.07, 6.45) is 0.750. The highest BCUT2D eigenvalue weighted by molar-refractivity contribution is 7.93. The maximum atomic E-state index is 13.8.